The van der Waals surface area contributed by atoms with Crippen LogP contribution in [0.2, 0.25) is 0 Å². The quantitative estimate of drug-likeness (QED) is 0.791. The zero-order valence-electron chi connectivity index (χ0n) is 13.0. The lowest BCUT2D eigenvalue weighted by atomic mass is 9.93. The van der Waals surface area contributed by atoms with Gasteiger partial charge in [-0.2, -0.15) is 0 Å². The third kappa shape index (κ3) is 3.66. The van der Waals surface area contributed by atoms with Crippen LogP contribution in [-0.2, 0) is 0 Å². The molecule has 3 heteroatoms. The fourth-order valence-electron chi connectivity index (χ4n) is 2.68. The summed E-state index contributed by atoms with van der Waals surface area (Å²) in [6.07, 6.45) is 2.06. The number of halogens is 1. The van der Waals surface area contributed by atoms with Gasteiger partial charge in [0, 0.05) is 10.5 Å². The van der Waals surface area contributed by atoms with Crippen LogP contribution in [0.5, 0.6) is 0 Å². The van der Waals surface area contributed by atoms with Crippen LogP contribution in [0.25, 0.3) is 0 Å². The monoisotopic (exact) mass is 303 g/mol. The number of aryl methyl sites for hydroxylation is 2. The van der Waals surface area contributed by atoms with Gasteiger partial charge in [-0.15, -0.1) is 11.8 Å². The summed E-state index contributed by atoms with van der Waals surface area (Å²) in [6, 6.07) is 11.9. The van der Waals surface area contributed by atoms with E-state index in [2.05, 4.69) is 35.8 Å². The van der Waals surface area contributed by atoms with Crippen LogP contribution in [0.4, 0.5) is 4.39 Å². The lowest BCUT2D eigenvalue weighted by molar-refractivity contribution is 0.555. The third-order valence-electron chi connectivity index (χ3n) is 3.63. The standard InChI is InChI=1S/C18H22FNS/c1-5-20-18(14-6-8-15(21-4)9-7-14)17-13(3)10-12(2)11-16(17)19/h6-11,18,20H,5H2,1-4H3. The van der Waals surface area contributed by atoms with Gasteiger partial charge in [-0.25, -0.2) is 4.39 Å². The molecule has 0 aromatic heterocycles. The molecule has 0 bridgehead atoms. The van der Waals surface area contributed by atoms with Gasteiger partial charge in [0.2, 0.25) is 0 Å². The van der Waals surface area contributed by atoms with E-state index in [0.29, 0.717) is 0 Å². The highest BCUT2D eigenvalue weighted by molar-refractivity contribution is 7.98. The zero-order chi connectivity index (χ0) is 15.4. The minimum Gasteiger partial charge on any atom is -0.306 e. The summed E-state index contributed by atoms with van der Waals surface area (Å²) in [6.45, 7) is 6.74. The van der Waals surface area contributed by atoms with Crippen molar-refractivity contribution in [2.24, 2.45) is 0 Å². The third-order valence-corrected chi connectivity index (χ3v) is 4.37. The topological polar surface area (TPSA) is 12.0 Å². The first kappa shape index (κ1) is 16.1. The largest absolute Gasteiger partial charge is 0.306 e. The van der Waals surface area contributed by atoms with Gasteiger partial charge in [-0.05, 0) is 61.5 Å². The Balaban J connectivity index is 2.47. The van der Waals surface area contributed by atoms with Crippen molar-refractivity contribution >= 4 is 11.8 Å². The molecule has 1 nitrogen and oxygen atoms in total. The second kappa shape index (κ2) is 7.10. The molecular weight excluding hydrogens is 281 g/mol. The Kier molecular flexibility index (Phi) is 5.43. The number of rotatable bonds is 5. The molecule has 2 aromatic rings. The number of nitrogens with one attached hydrogen (secondary N) is 1. The molecule has 2 aromatic carbocycles. The number of hydrogen-bond donors (Lipinski definition) is 1. The highest BCUT2D eigenvalue weighted by Crippen LogP contribution is 2.29. The molecule has 0 radical (unpaired) electrons. The summed E-state index contributed by atoms with van der Waals surface area (Å²) in [7, 11) is 0. The molecule has 0 saturated carbocycles. The molecule has 0 saturated heterocycles. The smallest absolute Gasteiger partial charge is 0.128 e. The van der Waals surface area contributed by atoms with Crippen LogP contribution in [-0.4, -0.2) is 12.8 Å². The second-order valence-corrected chi connectivity index (χ2v) is 6.12. The van der Waals surface area contributed by atoms with Crippen LogP contribution >= 0.6 is 11.8 Å². The maximum atomic E-state index is 14.5. The maximum Gasteiger partial charge on any atom is 0.128 e. The van der Waals surface area contributed by atoms with E-state index in [4.69, 9.17) is 0 Å². The number of hydrogen-bond acceptors (Lipinski definition) is 2. The molecule has 2 rings (SSSR count). The van der Waals surface area contributed by atoms with Crippen LogP contribution in [0.1, 0.15) is 35.2 Å². The van der Waals surface area contributed by atoms with E-state index in [0.717, 1.165) is 28.8 Å². The van der Waals surface area contributed by atoms with Crippen LogP contribution in [0, 0.1) is 19.7 Å². The second-order valence-electron chi connectivity index (χ2n) is 5.24. The summed E-state index contributed by atoms with van der Waals surface area (Å²) in [5.41, 5.74) is 3.80. The summed E-state index contributed by atoms with van der Waals surface area (Å²) < 4.78 is 14.5. The Bertz CT molecular complexity index is 584. The average molecular weight is 303 g/mol. The molecular formula is C18H22FNS. The zero-order valence-corrected chi connectivity index (χ0v) is 13.9. The van der Waals surface area contributed by atoms with E-state index in [9.17, 15) is 4.39 Å². The predicted octanol–water partition coefficient (Wildman–Crippen LogP) is 4.86. The van der Waals surface area contributed by atoms with E-state index >= 15 is 0 Å². The summed E-state index contributed by atoms with van der Waals surface area (Å²) in [4.78, 5) is 1.22. The molecule has 0 aliphatic heterocycles. The van der Waals surface area contributed by atoms with Gasteiger partial charge in [0.25, 0.3) is 0 Å². The van der Waals surface area contributed by atoms with Crippen molar-refractivity contribution in [3.8, 4) is 0 Å². The van der Waals surface area contributed by atoms with Gasteiger partial charge in [-0.1, -0.05) is 25.1 Å². The highest BCUT2D eigenvalue weighted by Gasteiger charge is 2.19. The molecule has 0 spiro atoms. The molecule has 0 amide bonds. The minimum atomic E-state index is -0.132. The summed E-state index contributed by atoms with van der Waals surface area (Å²) in [5, 5.41) is 3.41. The summed E-state index contributed by atoms with van der Waals surface area (Å²) in [5.74, 6) is -0.132. The summed E-state index contributed by atoms with van der Waals surface area (Å²) >= 11 is 1.71. The number of benzene rings is 2. The van der Waals surface area contributed by atoms with Gasteiger partial charge < -0.3 is 5.32 Å². The molecule has 1 N–H and O–H groups in total. The van der Waals surface area contributed by atoms with Crippen molar-refractivity contribution in [1.82, 2.24) is 5.32 Å². The Hall–Kier alpha value is -1.32. The molecule has 1 atom stereocenters. The van der Waals surface area contributed by atoms with Crippen LogP contribution < -0.4 is 5.32 Å². The van der Waals surface area contributed by atoms with Gasteiger partial charge in [0.05, 0.1) is 6.04 Å². The average Bonchev–Trinajstić information content (AvgIpc) is 2.45. The molecule has 1 unspecified atom stereocenters. The van der Waals surface area contributed by atoms with Crippen LogP contribution in [0.3, 0.4) is 0 Å². The lowest BCUT2D eigenvalue weighted by Crippen LogP contribution is -2.24. The first-order valence-electron chi connectivity index (χ1n) is 7.20. The molecule has 0 heterocycles. The van der Waals surface area contributed by atoms with Gasteiger partial charge in [-0.3, -0.25) is 0 Å². The predicted molar refractivity (Wildman–Crippen MR) is 89.6 cm³/mol. The van der Waals surface area contributed by atoms with E-state index in [1.54, 1.807) is 17.8 Å². The Labute approximate surface area is 131 Å². The molecule has 21 heavy (non-hydrogen) atoms. The Morgan fingerprint density at radius 1 is 1.14 bits per heavy atom. The first-order valence-corrected chi connectivity index (χ1v) is 8.43. The van der Waals surface area contributed by atoms with E-state index in [1.165, 1.54) is 4.90 Å². The minimum absolute atomic E-state index is 0.105. The van der Waals surface area contributed by atoms with Crippen molar-refractivity contribution in [2.75, 3.05) is 12.8 Å². The van der Waals surface area contributed by atoms with E-state index in [-0.39, 0.29) is 11.9 Å². The SMILES string of the molecule is CCNC(c1ccc(SC)cc1)c1c(C)cc(C)cc1F. The fraction of sp³-hybridized carbons (Fsp3) is 0.333. The Morgan fingerprint density at radius 3 is 2.33 bits per heavy atom. The van der Waals surface area contributed by atoms with Gasteiger partial charge in [0.1, 0.15) is 5.82 Å². The molecule has 0 aliphatic carbocycles. The fourth-order valence-corrected chi connectivity index (χ4v) is 3.09. The van der Waals surface area contributed by atoms with Crippen LogP contribution in [0.15, 0.2) is 41.3 Å². The van der Waals surface area contributed by atoms with Crippen molar-refractivity contribution in [1.29, 1.82) is 0 Å². The normalized spacial score (nSPS) is 12.4. The van der Waals surface area contributed by atoms with Gasteiger partial charge in [0.15, 0.2) is 0 Å². The van der Waals surface area contributed by atoms with Crippen molar-refractivity contribution in [3.05, 3.63) is 64.5 Å². The maximum absolute atomic E-state index is 14.5. The van der Waals surface area contributed by atoms with E-state index < -0.39 is 0 Å². The first-order chi connectivity index (χ1) is 10.1. The number of thioether (sulfide) groups is 1. The molecule has 0 fully saturated rings. The lowest BCUT2D eigenvalue weighted by Gasteiger charge is -2.22. The molecule has 112 valence electrons. The van der Waals surface area contributed by atoms with Crippen molar-refractivity contribution in [2.45, 2.75) is 31.7 Å². The Morgan fingerprint density at radius 2 is 1.81 bits per heavy atom. The van der Waals surface area contributed by atoms with E-state index in [1.807, 2.05) is 26.8 Å². The van der Waals surface area contributed by atoms with Gasteiger partial charge >= 0.3 is 0 Å². The van der Waals surface area contributed by atoms with Crippen molar-refractivity contribution in [3.63, 3.8) is 0 Å². The van der Waals surface area contributed by atoms with Crippen molar-refractivity contribution < 1.29 is 4.39 Å². The highest BCUT2D eigenvalue weighted by atomic mass is 32.2. The molecule has 0 aliphatic rings.